The molecule has 0 aromatic heterocycles. The molecule has 0 spiro atoms. The highest BCUT2D eigenvalue weighted by atomic mass is 16.6. The lowest BCUT2D eigenvalue weighted by Gasteiger charge is -2.24. The third-order valence-electron chi connectivity index (χ3n) is 3.25. The normalized spacial score (nSPS) is 16.1. The van der Waals surface area contributed by atoms with Gasteiger partial charge in [-0.2, -0.15) is 0 Å². The molecule has 1 unspecified atom stereocenters. The molecule has 0 aliphatic carbocycles. The van der Waals surface area contributed by atoms with Crippen LogP contribution in [0.5, 0.6) is 11.5 Å². The number of ether oxygens (including phenoxy) is 2. The highest BCUT2D eigenvalue weighted by Gasteiger charge is 2.19. The van der Waals surface area contributed by atoms with Crippen molar-refractivity contribution in [3.05, 3.63) is 23.3 Å². The van der Waals surface area contributed by atoms with E-state index in [4.69, 9.17) is 15.2 Å². The number of rotatable bonds is 3. The van der Waals surface area contributed by atoms with E-state index >= 15 is 0 Å². The Kier molecular flexibility index (Phi) is 3.57. The molecule has 0 saturated heterocycles. The van der Waals surface area contributed by atoms with Gasteiger partial charge in [0.25, 0.3) is 0 Å². The second kappa shape index (κ2) is 4.96. The van der Waals surface area contributed by atoms with Crippen LogP contribution in [0.25, 0.3) is 0 Å². The van der Waals surface area contributed by atoms with E-state index in [1.807, 2.05) is 0 Å². The Morgan fingerprint density at radius 2 is 1.59 bits per heavy atom. The van der Waals surface area contributed by atoms with E-state index in [1.54, 1.807) is 0 Å². The van der Waals surface area contributed by atoms with Crippen molar-refractivity contribution in [3.8, 4) is 11.5 Å². The Bertz CT molecular complexity index is 401. The smallest absolute Gasteiger partial charge is 0.161 e. The van der Waals surface area contributed by atoms with Crippen molar-refractivity contribution in [1.82, 2.24) is 0 Å². The Balaban J connectivity index is 2.48. The molecule has 0 radical (unpaired) electrons. The zero-order valence-electron chi connectivity index (χ0n) is 10.8. The summed E-state index contributed by atoms with van der Waals surface area (Å²) >= 11 is 0. The van der Waals surface area contributed by atoms with Gasteiger partial charge < -0.3 is 15.2 Å². The summed E-state index contributed by atoms with van der Waals surface area (Å²) < 4.78 is 11.3. The molecule has 1 aliphatic heterocycles. The maximum Gasteiger partial charge on any atom is 0.161 e. The molecule has 0 bridgehead atoms. The first-order valence-corrected chi connectivity index (χ1v) is 6.27. The van der Waals surface area contributed by atoms with Gasteiger partial charge in [0.1, 0.15) is 13.2 Å². The van der Waals surface area contributed by atoms with Crippen molar-refractivity contribution in [2.45, 2.75) is 32.6 Å². The van der Waals surface area contributed by atoms with Crippen LogP contribution in [-0.2, 0) is 0 Å². The van der Waals surface area contributed by atoms with Crippen LogP contribution in [0.15, 0.2) is 12.1 Å². The van der Waals surface area contributed by atoms with Crippen LogP contribution in [-0.4, -0.2) is 19.8 Å². The lowest BCUT2D eigenvalue weighted by Crippen LogP contribution is -2.18. The van der Waals surface area contributed by atoms with Crippen molar-refractivity contribution in [1.29, 1.82) is 0 Å². The van der Waals surface area contributed by atoms with Gasteiger partial charge in [-0.15, -0.1) is 0 Å². The van der Waals surface area contributed by atoms with Crippen molar-refractivity contribution < 1.29 is 9.47 Å². The molecule has 0 fully saturated rings. The van der Waals surface area contributed by atoms with Gasteiger partial charge in [-0.1, -0.05) is 20.8 Å². The van der Waals surface area contributed by atoms with Crippen LogP contribution >= 0.6 is 0 Å². The van der Waals surface area contributed by atoms with E-state index in [0.717, 1.165) is 11.5 Å². The van der Waals surface area contributed by atoms with E-state index in [1.165, 1.54) is 11.1 Å². The monoisotopic (exact) mass is 235 g/mol. The number of hydrogen-bond acceptors (Lipinski definition) is 3. The van der Waals surface area contributed by atoms with Gasteiger partial charge in [-0.3, -0.25) is 0 Å². The molecule has 1 aromatic rings. The summed E-state index contributed by atoms with van der Waals surface area (Å²) in [6.07, 6.45) is 0. The standard InChI is InChI=1S/C14H21NO2/c1-9(2)11-6-13-14(17-5-4-16-13)7-12(11)10(3)8-15/h6-7,9-10H,4-5,8,15H2,1-3H3. The predicted molar refractivity (Wildman–Crippen MR) is 69.0 cm³/mol. The molecule has 3 nitrogen and oxygen atoms in total. The van der Waals surface area contributed by atoms with Crippen LogP contribution in [0.3, 0.4) is 0 Å². The molecular weight excluding hydrogens is 214 g/mol. The van der Waals surface area contributed by atoms with Gasteiger partial charge in [0.2, 0.25) is 0 Å². The lowest BCUT2D eigenvalue weighted by atomic mass is 9.89. The second-order valence-corrected chi connectivity index (χ2v) is 4.92. The zero-order valence-corrected chi connectivity index (χ0v) is 10.8. The minimum absolute atomic E-state index is 0.350. The summed E-state index contributed by atoms with van der Waals surface area (Å²) in [5, 5.41) is 0. The predicted octanol–water partition coefficient (Wildman–Crippen LogP) is 2.64. The maximum atomic E-state index is 5.78. The minimum Gasteiger partial charge on any atom is -0.486 e. The van der Waals surface area contributed by atoms with Gasteiger partial charge in [-0.25, -0.2) is 0 Å². The molecule has 1 heterocycles. The molecule has 2 N–H and O–H groups in total. The molecule has 1 aromatic carbocycles. The summed E-state index contributed by atoms with van der Waals surface area (Å²) in [6, 6.07) is 4.21. The maximum absolute atomic E-state index is 5.78. The third kappa shape index (κ3) is 2.39. The molecule has 1 aliphatic rings. The van der Waals surface area contributed by atoms with Gasteiger partial charge >= 0.3 is 0 Å². The van der Waals surface area contributed by atoms with E-state index < -0.39 is 0 Å². The summed E-state index contributed by atoms with van der Waals surface area (Å²) in [6.45, 7) is 8.45. The molecule has 1 atom stereocenters. The van der Waals surface area contributed by atoms with Gasteiger partial charge in [0.15, 0.2) is 11.5 Å². The number of nitrogens with two attached hydrogens (primary N) is 1. The fourth-order valence-corrected chi connectivity index (χ4v) is 2.17. The third-order valence-corrected chi connectivity index (χ3v) is 3.25. The van der Waals surface area contributed by atoms with Crippen molar-refractivity contribution in [2.75, 3.05) is 19.8 Å². The first-order chi connectivity index (χ1) is 8.13. The van der Waals surface area contributed by atoms with Crippen LogP contribution in [0.4, 0.5) is 0 Å². The molecule has 2 rings (SSSR count). The summed E-state index contributed by atoms with van der Waals surface area (Å²) in [5.41, 5.74) is 8.37. The molecule has 0 saturated carbocycles. The fourth-order valence-electron chi connectivity index (χ4n) is 2.17. The Hall–Kier alpha value is -1.22. The van der Waals surface area contributed by atoms with E-state index in [9.17, 15) is 0 Å². The highest BCUT2D eigenvalue weighted by Crippen LogP contribution is 2.38. The van der Waals surface area contributed by atoms with Crippen LogP contribution in [0.1, 0.15) is 43.7 Å². The first-order valence-electron chi connectivity index (χ1n) is 6.27. The number of benzene rings is 1. The average Bonchev–Trinajstić information content (AvgIpc) is 2.36. The van der Waals surface area contributed by atoms with Crippen molar-refractivity contribution >= 4 is 0 Å². The fraction of sp³-hybridized carbons (Fsp3) is 0.571. The molecular formula is C14H21NO2. The second-order valence-electron chi connectivity index (χ2n) is 4.92. The van der Waals surface area contributed by atoms with Crippen LogP contribution in [0, 0.1) is 0 Å². The SMILES string of the molecule is CC(C)c1cc2c(cc1C(C)CN)OCCO2. The number of hydrogen-bond donors (Lipinski definition) is 1. The first kappa shape index (κ1) is 12.2. The van der Waals surface area contributed by atoms with E-state index in [0.29, 0.717) is 31.6 Å². The molecule has 94 valence electrons. The topological polar surface area (TPSA) is 44.5 Å². The lowest BCUT2D eigenvalue weighted by molar-refractivity contribution is 0.171. The van der Waals surface area contributed by atoms with Crippen molar-refractivity contribution in [2.24, 2.45) is 5.73 Å². The zero-order chi connectivity index (χ0) is 12.4. The Labute approximate surface area is 103 Å². The van der Waals surface area contributed by atoms with Crippen molar-refractivity contribution in [3.63, 3.8) is 0 Å². The summed E-state index contributed by atoms with van der Waals surface area (Å²) in [4.78, 5) is 0. The van der Waals surface area contributed by atoms with Gasteiger partial charge in [0.05, 0.1) is 0 Å². The molecule has 17 heavy (non-hydrogen) atoms. The van der Waals surface area contributed by atoms with Crippen LogP contribution < -0.4 is 15.2 Å². The van der Waals surface area contributed by atoms with Crippen LogP contribution in [0.2, 0.25) is 0 Å². The minimum atomic E-state index is 0.350. The Morgan fingerprint density at radius 3 is 2.06 bits per heavy atom. The van der Waals surface area contributed by atoms with Gasteiger partial charge in [-0.05, 0) is 41.6 Å². The summed E-state index contributed by atoms with van der Waals surface area (Å²) in [5.74, 6) is 2.54. The average molecular weight is 235 g/mol. The van der Waals surface area contributed by atoms with E-state index in [2.05, 4.69) is 32.9 Å². The Morgan fingerprint density at radius 1 is 1.06 bits per heavy atom. The summed E-state index contributed by atoms with van der Waals surface area (Å²) in [7, 11) is 0. The largest absolute Gasteiger partial charge is 0.486 e. The van der Waals surface area contributed by atoms with Gasteiger partial charge in [0, 0.05) is 0 Å². The molecule has 0 amide bonds. The molecule has 3 heteroatoms. The highest BCUT2D eigenvalue weighted by molar-refractivity contribution is 5.50. The quantitative estimate of drug-likeness (QED) is 0.876. The van der Waals surface area contributed by atoms with E-state index in [-0.39, 0.29) is 0 Å². The number of fused-ring (bicyclic) bond motifs is 1.